The summed E-state index contributed by atoms with van der Waals surface area (Å²) in [6, 6.07) is 6.19. The topological polar surface area (TPSA) is 64.0 Å². The Morgan fingerprint density at radius 3 is 2.43 bits per heavy atom. The van der Waals surface area contributed by atoms with Gasteiger partial charge >= 0.3 is 0 Å². The molecule has 1 aliphatic heterocycles. The normalized spacial score (nSPS) is 19.3. The molecule has 1 saturated heterocycles. The molecule has 0 saturated carbocycles. The SMILES string of the molecule is CC(O)C(=O)N1CCN(CC(O)c2ccccc2F)CC1. The summed E-state index contributed by atoms with van der Waals surface area (Å²) < 4.78 is 13.6. The molecular weight excluding hydrogens is 275 g/mol. The van der Waals surface area contributed by atoms with E-state index in [1.54, 1.807) is 23.1 Å². The zero-order valence-electron chi connectivity index (χ0n) is 12.1. The number of hydrogen-bond acceptors (Lipinski definition) is 4. The molecule has 6 heteroatoms. The molecule has 1 heterocycles. The summed E-state index contributed by atoms with van der Waals surface area (Å²) in [6.45, 7) is 4.00. The maximum atomic E-state index is 13.6. The van der Waals surface area contributed by atoms with Crippen LogP contribution in [0.3, 0.4) is 0 Å². The molecule has 0 radical (unpaired) electrons. The number of aliphatic hydroxyl groups excluding tert-OH is 2. The fourth-order valence-electron chi connectivity index (χ4n) is 2.50. The molecule has 0 spiro atoms. The second-order valence-electron chi connectivity index (χ2n) is 5.34. The van der Waals surface area contributed by atoms with Crippen LogP contribution in [0.25, 0.3) is 0 Å². The van der Waals surface area contributed by atoms with Gasteiger partial charge in [-0.3, -0.25) is 9.69 Å². The van der Waals surface area contributed by atoms with E-state index < -0.39 is 18.0 Å². The Bertz CT molecular complexity index is 488. The van der Waals surface area contributed by atoms with E-state index in [4.69, 9.17) is 0 Å². The third kappa shape index (κ3) is 4.00. The summed E-state index contributed by atoms with van der Waals surface area (Å²) in [5, 5.41) is 19.4. The zero-order chi connectivity index (χ0) is 15.4. The van der Waals surface area contributed by atoms with Gasteiger partial charge in [-0.2, -0.15) is 0 Å². The van der Waals surface area contributed by atoms with Crippen molar-refractivity contribution in [1.82, 2.24) is 9.80 Å². The Labute approximate surface area is 123 Å². The highest BCUT2D eigenvalue weighted by Crippen LogP contribution is 2.18. The number of aliphatic hydroxyl groups is 2. The highest BCUT2D eigenvalue weighted by atomic mass is 19.1. The van der Waals surface area contributed by atoms with Gasteiger partial charge in [-0.1, -0.05) is 18.2 Å². The molecule has 5 nitrogen and oxygen atoms in total. The number of amides is 1. The lowest BCUT2D eigenvalue weighted by Crippen LogP contribution is -2.51. The first-order valence-corrected chi connectivity index (χ1v) is 7.10. The van der Waals surface area contributed by atoms with Gasteiger partial charge in [-0.15, -0.1) is 0 Å². The predicted molar refractivity (Wildman–Crippen MR) is 76.1 cm³/mol. The fraction of sp³-hybridized carbons (Fsp3) is 0.533. The standard InChI is InChI=1S/C15H21FN2O3/c1-11(19)15(21)18-8-6-17(7-9-18)10-14(20)12-4-2-3-5-13(12)16/h2-5,11,14,19-20H,6-10H2,1H3. The third-order valence-electron chi connectivity index (χ3n) is 3.74. The second-order valence-corrected chi connectivity index (χ2v) is 5.34. The van der Waals surface area contributed by atoms with Gasteiger partial charge in [0.05, 0.1) is 6.10 Å². The van der Waals surface area contributed by atoms with E-state index in [2.05, 4.69) is 0 Å². The van der Waals surface area contributed by atoms with Crippen LogP contribution in [0.4, 0.5) is 4.39 Å². The number of carbonyl (C=O) groups excluding carboxylic acids is 1. The van der Waals surface area contributed by atoms with E-state index in [0.29, 0.717) is 38.3 Å². The van der Waals surface area contributed by atoms with E-state index in [9.17, 15) is 19.4 Å². The van der Waals surface area contributed by atoms with Gasteiger partial charge in [-0.25, -0.2) is 4.39 Å². The lowest BCUT2D eigenvalue weighted by Gasteiger charge is -2.36. The molecule has 2 unspecified atom stereocenters. The van der Waals surface area contributed by atoms with Crippen LogP contribution in [0, 0.1) is 5.82 Å². The molecule has 1 aromatic rings. The van der Waals surface area contributed by atoms with Gasteiger partial charge < -0.3 is 15.1 Å². The number of carbonyl (C=O) groups is 1. The van der Waals surface area contributed by atoms with Crippen LogP contribution in [0.2, 0.25) is 0 Å². The van der Waals surface area contributed by atoms with Crippen LogP contribution in [0.1, 0.15) is 18.6 Å². The minimum Gasteiger partial charge on any atom is -0.387 e. The van der Waals surface area contributed by atoms with Gasteiger partial charge in [0.25, 0.3) is 5.91 Å². The quantitative estimate of drug-likeness (QED) is 0.843. The average molecular weight is 296 g/mol. The first-order chi connectivity index (χ1) is 9.99. The highest BCUT2D eigenvalue weighted by Gasteiger charge is 2.25. The molecule has 2 N–H and O–H groups in total. The van der Waals surface area contributed by atoms with E-state index in [-0.39, 0.29) is 5.91 Å². The van der Waals surface area contributed by atoms with E-state index >= 15 is 0 Å². The third-order valence-corrected chi connectivity index (χ3v) is 3.74. The van der Waals surface area contributed by atoms with Crippen LogP contribution in [0.15, 0.2) is 24.3 Å². The molecule has 0 aliphatic carbocycles. The molecule has 2 rings (SSSR count). The minimum absolute atomic E-state index is 0.274. The fourth-order valence-corrected chi connectivity index (χ4v) is 2.50. The van der Waals surface area contributed by atoms with Crippen LogP contribution in [-0.4, -0.2) is 64.7 Å². The van der Waals surface area contributed by atoms with Crippen molar-refractivity contribution in [3.63, 3.8) is 0 Å². The first kappa shape index (κ1) is 15.9. The Kier molecular flexibility index (Phi) is 5.27. The van der Waals surface area contributed by atoms with Gasteiger partial charge in [0.15, 0.2) is 0 Å². The maximum Gasteiger partial charge on any atom is 0.251 e. The maximum absolute atomic E-state index is 13.6. The van der Waals surface area contributed by atoms with Crippen LogP contribution in [-0.2, 0) is 4.79 Å². The smallest absolute Gasteiger partial charge is 0.251 e. The van der Waals surface area contributed by atoms with Crippen molar-refractivity contribution in [1.29, 1.82) is 0 Å². The monoisotopic (exact) mass is 296 g/mol. The number of halogens is 1. The summed E-state index contributed by atoms with van der Waals surface area (Å²) in [7, 11) is 0. The van der Waals surface area contributed by atoms with Gasteiger partial charge in [0, 0.05) is 38.3 Å². The molecule has 0 bridgehead atoms. The number of rotatable bonds is 4. The number of hydrogen-bond donors (Lipinski definition) is 2. The summed E-state index contributed by atoms with van der Waals surface area (Å²) in [5.41, 5.74) is 0.292. The van der Waals surface area contributed by atoms with Gasteiger partial charge in [0.2, 0.25) is 0 Å². The molecule has 1 aromatic carbocycles. The largest absolute Gasteiger partial charge is 0.387 e. The summed E-state index contributed by atoms with van der Waals surface area (Å²) in [4.78, 5) is 15.2. The Balaban J connectivity index is 1.86. The number of piperazine rings is 1. The average Bonchev–Trinajstić information content (AvgIpc) is 2.47. The van der Waals surface area contributed by atoms with Crippen molar-refractivity contribution in [2.75, 3.05) is 32.7 Å². The van der Waals surface area contributed by atoms with Gasteiger partial charge in [0.1, 0.15) is 11.9 Å². The van der Waals surface area contributed by atoms with E-state index in [0.717, 1.165) is 0 Å². The molecule has 21 heavy (non-hydrogen) atoms. The molecule has 1 amide bonds. The van der Waals surface area contributed by atoms with E-state index in [1.165, 1.54) is 13.0 Å². The number of β-amino-alcohol motifs (C(OH)–C–C–N with tert-alkyl or cyclic N) is 1. The van der Waals surface area contributed by atoms with Crippen molar-refractivity contribution in [2.24, 2.45) is 0 Å². The Morgan fingerprint density at radius 2 is 1.86 bits per heavy atom. The van der Waals surface area contributed by atoms with Crippen molar-refractivity contribution in [2.45, 2.75) is 19.1 Å². The highest BCUT2D eigenvalue weighted by molar-refractivity contribution is 5.80. The minimum atomic E-state index is -0.986. The van der Waals surface area contributed by atoms with Gasteiger partial charge in [-0.05, 0) is 13.0 Å². The predicted octanol–water partition coefficient (Wildman–Crippen LogP) is 0.384. The molecule has 1 fully saturated rings. The molecule has 0 aromatic heterocycles. The molecule has 116 valence electrons. The Hall–Kier alpha value is -1.50. The van der Waals surface area contributed by atoms with Crippen LogP contribution in [0.5, 0.6) is 0 Å². The summed E-state index contributed by atoms with van der Waals surface area (Å²) in [5.74, 6) is -0.683. The van der Waals surface area contributed by atoms with Crippen molar-refractivity contribution >= 4 is 5.91 Å². The van der Waals surface area contributed by atoms with Crippen LogP contribution < -0.4 is 0 Å². The molecule has 1 aliphatic rings. The van der Waals surface area contributed by atoms with Crippen molar-refractivity contribution < 1.29 is 19.4 Å². The lowest BCUT2D eigenvalue weighted by molar-refractivity contribution is -0.141. The Morgan fingerprint density at radius 1 is 1.24 bits per heavy atom. The number of benzene rings is 1. The van der Waals surface area contributed by atoms with Crippen LogP contribution >= 0.6 is 0 Å². The van der Waals surface area contributed by atoms with Crippen molar-refractivity contribution in [3.8, 4) is 0 Å². The summed E-state index contributed by atoms with van der Waals surface area (Å²) in [6.07, 6.45) is -1.87. The van der Waals surface area contributed by atoms with E-state index in [1.807, 2.05) is 4.90 Å². The summed E-state index contributed by atoms with van der Waals surface area (Å²) >= 11 is 0. The first-order valence-electron chi connectivity index (χ1n) is 7.10. The second kappa shape index (κ2) is 6.98. The molecular formula is C15H21FN2O3. The van der Waals surface area contributed by atoms with Crippen molar-refractivity contribution in [3.05, 3.63) is 35.6 Å². The lowest BCUT2D eigenvalue weighted by atomic mass is 10.1. The molecule has 2 atom stereocenters. The number of nitrogens with zero attached hydrogens (tertiary/aromatic N) is 2. The zero-order valence-corrected chi connectivity index (χ0v) is 12.1.